The lowest BCUT2D eigenvalue weighted by atomic mass is 9.87. The molecule has 1 aromatic carbocycles. The van der Waals surface area contributed by atoms with Crippen molar-refractivity contribution in [3.63, 3.8) is 0 Å². The van der Waals surface area contributed by atoms with Crippen LogP contribution in [0, 0.1) is 0 Å². The summed E-state index contributed by atoms with van der Waals surface area (Å²) in [4.78, 5) is 18.9. The van der Waals surface area contributed by atoms with E-state index >= 15 is 0 Å². The van der Waals surface area contributed by atoms with Crippen molar-refractivity contribution in [2.24, 2.45) is 0 Å². The maximum Gasteiger partial charge on any atom is 0.255 e. The summed E-state index contributed by atoms with van der Waals surface area (Å²) >= 11 is 0. The topological polar surface area (TPSA) is 57.3 Å². The first kappa shape index (κ1) is 19.9. The summed E-state index contributed by atoms with van der Waals surface area (Å²) in [6, 6.07) is 11.5. The van der Waals surface area contributed by atoms with Crippen LogP contribution in [-0.2, 0) is 5.41 Å². The van der Waals surface area contributed by atoms with Crippen molar-refractivity contribution in [3.05, 3.63) is 53.7 Å². The Balaban J connectivity index is 1.96. The minimum atomic E-state index is -0.132. The van der Waals surface area contributed by atoms with Crippen molar-refractivity contribution < 1.29 is 4.79 Å². The third-order valence-electron chi connectivity index (χ3n) is 4.12. The highest BCUT2D eigenvalue weighted by Gasteiger charge is 2.13. The largest absolute Gasteiger partial charge is 0.370 e. The molecule has 0 saturated heterocycles. The lowest BCUT2D eigenvalue weighted by Crippen LogP contribution is -2.17. The highest BCUT2D eigenvalue weighted by atomic mass is 16.1. The molecule has 140 valence electrons. The summed E-state index contributed by atoms with van der Waals surface area (Å²) in [7, 11) is 4.11. The van der Waals surface area contributed by atoms with Crippen LogP contribution in [0.1, 0.15) is 43.1 Å². The van der Waals surface area contributed by atoms with Crippen LogP contribution in [-0.4, -0.2) is 43.0 Å². The Labute approximate surface area is 156 Å². The summed E-state index contributed by atoms with van der Waals surface area (Å²) < 4.78 is 0. The van der Waals surface area contributed by atoms with E-state index in [2.05, 4.69) is 67.5 Å². The van der Waals surface area contributed by atoms with Gasteiger partial charge in [-0.1, -0.05) is 32.9 Å². The van der Waals surface area contributed by atoms with Gasteiger partial charge < -0.3 is 15.5 Å². The fraction of sp³-hybridized carbons (Fsp3) is 0.429. The first-order chi connectivity index (χ1) is 12.3. The fourth-order valence-electron chi connectivity index (χ4n) is 2.54. The molecule has 0 aliphatic heterocycles. The van der Waals surface area contributed by atoms with Gasteiger partial charge in [0.1, 0.15) is 5.82 Å². The summed E-state index contributed by atoms with van der Waals surface area (Å²) in [5.41, 5.74) is 2.72. The number of anilines is 2. The van der Waals surface area contributed by atoms with Crippen LogP contribution in [0.15, 0.2) is 42.6 Å². The summed E-state index contributed by atoms with van der Waals surface area (Å²) in [5, 5.41) is 6.21. The van der Waals surface area contributed by atoms with Gasteiger partial charge in [0.15, 0.2) is 0 Å². The van der Waals surface area contributed by atoms with E-state index in [0.29, 0.717) is 5.56 Å². The van der Waals surface area contributed by atoms with Crippen LogP contribution in [0.5, 0.6) is 0 Å². The van der Waals surface area contributed by atoms with Crippen LogP contribution >= 0.6 is 0 Å². The molecule has 0 bridgehead atoms. The summed E-state index contributed by atoms with van der Waals surface area (Å²) in [5.74, 6) is 0.590. The molecule has 0 saturated carbocycles. The van der Waals surface area contributed by atoms with Crippen molar-refractivity contribution in [1.29, 1.82) is 0 Å². The number of nitrogens with zero attached hydrogens (tertiary/aromatic N) is 2. The molecule has 0 spiro atoms. The Morgan fingerprint density at radius 3 is 2.42 bits per heavy atom. The predicted octanol–water partition coefficient (Wildman–Crippen LogP) is 4.00. The molecular weight excluding hydrogens is 324 g/mol. The Morgan fingerprint density at radius 1 is 1.12 bits per heavy atom. The molecule has 0 aliphatic carbocycles. The van der Waals surface area contributed by atoms with E-state index < -0.39 is 0 Å². The summed E-state index contributed by atoms with van der Waals surface area (Å²) in [6.07, 6.45) is 2.68. The molecular formula is C21H30N4O. The molecule has 0 radical (unpaired) electrons. The van der Waals surface area contributed by atoms with Crippen LogP contribution in [0.25, 0.3) is 0 Å². The van der Waals surface area contributed by atoms with Crippen molar-refractivity contribution in [2.45, 2.75) is 32.6 Å². The number of nitrogens with one attached hydrogen (secondary N) is 2. The first-order valence-electron chi connectivity index (χ1n) is 9.02. The molecule has 1 aromatic heterocycles. The molecule has 0 atom stereocenters. The number of hydrogen-bond donors (Lipinski definition) is 2. The second-order valence-electron chi connectivity index (χ2n) is 7.79. The van der Waals surface area contributed by atoms with Crippen LogP contribution in [0.2, 0.25) is 0 Å². The van der Waals surface area contributed by atoms with Gasteiger partial charge in [-0.3, -0.25) is 4.79 Å². The zero-order valence-corrected chi connectivity index (χ0v) is 16.5. The van der Waals surface area contributed by atoms with Gasteiger partial charge in [0, 0.05) is 24.0 Å². The Morgan fingerprint density at radius 2 is 1.81 bits per heavy atom. The Kier molecular flexibility index (Phi) is 6.75. The number of carbonyl (C=O) groups is 1. The van der Waals surface area contributed by atoms with Gasteiger partial charge >= 0.3 is 0 Å². The van der Waals surface area contributed by atoms with Crippen LogP contribution < -0.4 is 10.6 Å². The molecule has 1 amide bonds. The van der Waals surface area contributed by atoms with Gasteiger partial charge in [-0.2, -0.15) is 0 Å². The molecule has 2 rings (SSSR count). The number of pyridine rings is 1. The third-order valence-corrected chi connectivity index (χ3v) is 4.12. The predicted molar refractivity (Wildman–Crippen MR) is 109 cm³/mol. The van der Waals surface area contributed by atoms with Crippen molar-refractivity contribution in [1.82, 2.24) is 9.88 Å². The standard InChI is InChI=1S/C21H30N4O/c1-21(2,3)17-7-9-18(10-8-17)24-20(26)16-11-13-23-19(15-16)22-12-6-14-25(4)5/h7-11,13,15H,6,12,14H2,1-5H3,(H,22,23)(H,24,26). The highest BCUT2D eigenvalue weighted by molar-refractivity contribution is 6.04. The average molecular weight is 354 g/mol. The van der Waals surface area contributed by atoms with E-state index in [-0.39, 0.29) is 11.3 Å². The van der Waals surface area contributed by atoms with Crippen molar-refractivity contribution >= 4 is 17.4 Å². The average Bonchev–Trinajstić information content (AvgIpc) is 2.58. The molecule has 0 aliphatic rings. The number of hydrogen-bond acceptors (Lipinski definition) is 4. The monoisotopic (exact) mass is 354 g/mol. The van der Waals surface area contributed by atoms with E-state index in [1.54, 1.807) is 18.3 Å². The minimum absolute atomic E-state index is 0.0980. The molecule has 5 nitrogen and oxygen atoms in total. The molecule has 2 N–H and O–H groups in total. The van der Waals surface area contributed by atoms with Crippen LogP contribution in [0.3, 0.4) is 0 Å². The van der Waals surface area contributed by atoms with E-state index in [1.807, 2.05) is 12.1 Å². The SMILES string of the molecule is CN(C)CCCNc1cc(C(=O)Nc2ccc(C(C)(C)C)cc2)ccn1. The Bertz CT molecular complexity index is 718. The van der Waals surface area contributed by atoms with Crippen molar-refractivity contribution in [3.8, 4) is 0 Å². The van der Waals surface area contributed by atoms with Crippen molar-refractivity contribution in [2.75, 3.05) is 37.8 Å². The quantitative estimate of drug-likeness (QED) is 0.738. The second kappa shape index (κ2) is 8.81. The number of amides is 1. The molecule has 2 aromatic rings. The third kappa shape index (κ3) is 6.15. The van der Waals surface area contributed by atoms with Gasteiger partial charge in [0.2, 0.25) is 0 Å². The summed E-state index contributed by atoms with van der Waals surface area (Å²) in [6.45, 7) is 8.35. The van der Waals surface area contributed by atoms with E-state index in [4.69, 9.17) is 0 Å². The molecule has 0 unspecified atom stereocenters. The van der Waals surface area contributed by atoms with E-state index in [9.17, 15) is 4.79 Å². The molecule has 0 fully saturated rings. The smallest absolute Gasteiger partial charge is 0.255 e. The normalized spacial score (nSPS) is 11.5. The van der Waals surface area contributed by atoms with Gasteiger partial charge in [-0.05, 0) is 62.3 Å². The molecule has 5 heteroatoms. The molecule has 26 heavy (non-hydrogen) atoms. The Hall–Kier alpha value is -2.40. The number of rotatable bonds is 7. The zero-order valence-electron chi connectivity index (χ0n) is 16.5. The van der Waals surface area contributed by atoms with Gasteiger partial charge in [-0.15, -0.1) is 0 Å². The maximum absolute atomic E-state index is 12.5. The lowest BCUT2D eigenvalue weighted by molar-refractivity contribution is 0.102. The number of carbonyl (C=O) groups excluding carboxylic acids is 1. The highest BCUT2D eigenvalue weighted by Crippen LogP contribution is 2.23. The minimum Gasteiger partial charge on any atom is -0.370 e. The van der Waals surface area contributed by atoms with E-state index in [1.165, 1.54) is 5.56 Å². The van der Waals surface area contributed by atoms with E-state index in [0.717, 1.165) is 31.0 Å². The van der Waals surface area contributed by atoms with Gasteiger partial charge in [0.05, 0.1) is 0 Å². The van der Waals surface area contributed by atoms with Crippen LogP contribution in [0.4, 0.5) is 11.5 Å². The fourth-order valence-corrected chi connectivity index (χ4v) is 2.54. The second-order valence-corrected chi connectivity index (χ2v) is 7.79. The van der Waals surface area contributed by atoms with Gasteiger partial charge in [-0.25, -0.2) is 4.98 Å². The maximum atomic E-state index is 12.5. The number of aromatic nitrogens is 1. The molecule has 1 heterocycles. The zero-order chi connectivity index (χ0) is 19.2. The first-order valence-corrected chi connectivity index (χ1v) is 9.02. The van der Waals surface area contributed by atoms with Gasteiger partial charge in [0.25, 0.3) is 5.91 Å². The lowest BCUT2D eigenvalue weighted by Gasteiger charge is -2.19. The number of benzene rings is 1.